The molecule has 0 radical (unpaired) electrons. The first kappa shape index (κ1) is 10.9. The number of nitrogens with one attached hydrogen (secondary N) is 1. The van der Waals surface area contributed by atoms with E-state index in [1.165, 1.54) is 0 Å². The molecule has 0 atom stereocenters. The zero-order valence-electron chi connectivity index (χ0n) is 9.28. The van der Waals surface area contributed by atoms with E-state index in [9.17, 15) is 0 Å². The van der Waals surface area contributed by atoms with E-state index in [2.05, 4.69) is 29.1 Å². The summed E-state index contributed by atoms with van der Waals surface area (Å²) in [4.78, 5) is 10.5. The van der Waals surface area contributed by atoms with Crippen LogP contribution >= 0.6 is 0 Å². The monoisotopic (exact) mass is 194 g/mol. The van der Waals surface area contributed by atoms with Gasteiger partial charge in [-0.3, -0.25) is 0 Å². The molecule has 1 rings (SSSR count). The lowest BCUT2D eigenvalue weighted by molar-refractivity contribution is 0.580. The molecule has 0 unspecified atom stereocenters. The van der Waals surface area contributed by atoms with Gasteiger partial charge in [-0.25, -0.2) is 9.97 Å². The van der Waals surface area contributed by atoms with Crippen molar-refractivity contribution in [1.29, 1.82) is 0 Å². The molecule has 0 aliphatic rings. The van der Waals surface area contributed by atoms with E-state index >= 15 is 0 Å². The average molecular weight is 194 g/mol. The Morgan fingerprint density at radius 2 is 2.14 bits per heavy atom. The predicted octanol–water partition coefficient (Wildman–Crippen LogP) is 1.04. The SMILES string of the molecule is CC(C)NCc1ccnc(N(C)C)n1. The molecule has 78 valence electrons. The highest BCUT2D eigenvalue weighted by atomic mass is 15.2. The summed E-state index contributed by atoms with van der Waals surface area (Å²) < 4.78 is 0. The zero-order valence-corrected chi connectivity index (χ0v) is 9.28. The molecule has 14 heavy (non-hydrogen) atoms. The average Bonchev–Trinajstić information content (AvgIpc) is 2.15. The minimum atomic E-state index is 0.479. The van der Waals surface area contributed by atoms with Crippen LogP contribution in [0.1, 0.15) is 19.5 Å². The maximum atomic E-state index is 4.40. The van der Waals surface area contributed by atoms with Gasteiger partial charge >= 0.3 is 0 Å². The molecule has 0 aliphatic heterocycles. The fourth-order valence-corrected chi connectivity index (χ4v) is 1.01. The van der Waals surface area contributed by atoms with Gasteiger partial charge in [-0.05, 0) is 6.07 Å². The van der Waals surface area contributed by atoms with E-state index < -0.39 is 0 Å². The summed E-state index contributed by atoms with van der Waals surface area (Å²) in [5, 5.41) is 3.32. The Morgan fingerprint density at radius 3 is 2.71 bits per heavy atom. The largest absolute Gasteiger partial charge is 0.347 e. The third-order valence-corrected chi connectivity index (χ3v) is 1.79. The Kier molecular flexibility index (Phi) is 3.83. The third kappa shape index (κ3) is 3.30. The molecule has 0 saturated heterocycles. The molecular weight excluding hydrogens is 176 g/mol. The van der Waals surface area contributed by atoms with Crippen LogP contribution in [0.15, 0.2) is 12.3 Å². The summed E-state index contributed by atoms with van der Waals surface area (Å²) in [5.41, 5.74) is 1.03. The molecule has 0 fully saturated rings. The van der Waals surface area contributed by atoms with Crippen molar-refractivity contribution >= 4 is 5.95 Å². The second-order valence-corrected chi connectivity index (χ2v) is 3.78. The van der Waals surface area contributed by atoms with E-state index in [0.717, 1.165) is 18.2 Å². The summed E-state index contributed by atoms with van der Waals surface area (Å²) in [6.07, 6.45) is 1.79. The number of hydrogen-bond acceptors (Lipinski definition) is 4. The number of aromatic nitrogens is 2. The lowest BCUT2D eigenvalue weighted by atomic mass is 10.3. The van der Waals surface area contributed by atoms with E-state index in [1.54, 1.807) is 6.20 Å². The Morgan fingerprint density at radius 1 is 1.43 bits per heavy atom. The molecule has 0 bridgehead atoms. The van der Waals surface area contributed by atoms with Crippen molar-refractivity contribution in [2.75, 3.05) is 19.0 Å². The first-order valence-electron chi connectivity index (χ1n) is 4.82. The van der Waals surface area contributed by atoms with Crippen LogP contribution in [0.25, 0.3) is 0 Å². The summed E-state index contributed by atoms with van der Waals surface area (Å²) >= 11 is 0. The van der Waals surface area contributed by atoms with Crippen molar-refractivity contribution in [2.45, 2.75) is 26.4 Å². The van der Waals surface area contributed by atoms with Crippen LogP contribution in [0.3, 0.4) is 0 Å². The second-order valence-electron chi connectivity index (χ2n) is 3.78. The second kappa shape index (κ2) is 4.91. The summed E-state index contributed by atoms with van der Waals surface area (Å²) in [5.74, 6) is 0.757. The lowest BCUT2D eigenvalue weighted by Gasteiger charge is -2.12. The van der Waals surface area contributed by atoms with Gasteiger partial charge in [-0.1, -0.05) is 13.8 Å². The highest BCUT2D eigenvalue weighted by Crippen LogP contribution is 2.03. The molecule has 1 aromatic rings. The zero-order chi connectivity index (χ0) is 10.6. The molecule has 1 heterocycles. The minimum absolute atomic E-state index is 0.479. The lowest BCUT2D eigenvalue weighted by Crippen LogP contribution is -2.23. The van der Waals surface area contributed by atoms with E-state index in [1.807, 2.05) is 25.1 Å². The molecule has 0 amide bonds. The van der Waals surface area contributed by atoms with Gasteiger partial charge in [0.25, 0.3) is 0 Å². The van der Waals surface area contributed by atoms with Crippen molar-refractivity contribution in [3.05, 3.63) is 18.0 Å². The molecule has 4 heteroatoms. The maximum Gasteiger partial charge on any atom is 0.225 e. The van der Waals surface area contributed by atoms with Crippen molar-refractivity contribution in [1.82, 2.24) is 15.3 Å². The Balaban J connectivity index is 2.64. The maximum absolute atomic E-state index is 4.40. The molecule has 0 spiro atoms. The fraction of sp³-hybridized carbons (Fsp3) is 0.600. The highest BCUT2D eigenvalue weighted by molar-refractivity contribution is 5.26. The summed E-state index contributed by atoms with van der Waals surface area (Å²) in [6.45, 7) is 5.03. The number of anilines is 1. The van der Waals surface area contributed by atoms with Crippen LogP contribution in [-0.2, 0) is 6.54 Å². The first-order chi connectivity index (χ1) is 6.59. The van der Waals surface area contributed by atoms with E-state index in [-0.39, 0.29) is 0 Å². The molecule has 0 saturated carbocycles. The molecule has 1 N–H and O–H groups in total. The van der Waals surface area contributed by atoms with Crippen LogP contribution in [0.4, 0.5) is 5.95 Å². The van der Waals surface area contributed by atoms with Crippen LogP contribution in [0.2, 0.25) is 0 Å². The van der Waals surface area contributed by atoms with Gasteiger partial charge in [0.05, 0.1) is 5.69 Å². The topological polar surface area (TPSA) is 41.1 Å². The smallest absolute Gasteiger partial charge is 0.225 e. The normalized spacial score (nSPS) is 10.6. The van der Waals surface area contributed by atoms with Gasteiger partial charge < -0.3 is 10.2 Å². The van der Waals surface area contributed by atoms with Crippen LogP contribution < -0.4 is 10.2 Å². The van der Waals surface area contributed by atoms with Gasteiger partial charge in [-0.15, -0.1) is 0 Å². The third-order valence-electron chi connectivity index (χ3n) is 1.79. The van der Waals surface area contributed by atoms with Crippen molar-refractivity contribution < 1.29 is 0 Å². The van der Waals surface area contributed by atoms with Gasteiger partial charge in [0.15, 0.2) is 0 Å². The summed E-state index contributed by atoms with van der Waals surface area (Å²) in [7, 11) is 3.88. The minimum Gasteiger partial charge on any atom is -0.347 e. The van der Waals surface area contributed by atoms with Crippen LogP contribution in [-0.4, -0.2) is 30.1 Å². The van der Waals surface area contributed by atoms with E-state index in [0.29, 0.717) is 6.04 Å². The fourth-order valence-electron chi connectivity index (χ4n) is 1.01. The van der Waals surface area contributed by atoms with Crippen molar-refractivity contribution in [3.63, 3.8) is 0 Å². The number of rotatable bonds is 4. The van der Waals surface area contributed by atoms with E-state index in [4.69, 9.17) is 0 Å². The van der Waals surface area contributed by atoms with Gasteiger partial charge in [0.2, 0.25) is 5.95 Å². The van der Waals surface area contributed by atoms with Gasteiger partial charge in [0.1, 0.15) is 0 Å². The Hall–Kier alpha value is -1.16. The quantitative estimate of drug-likeness (QED) is 0.777. The molecule has 4 nitrogen and oxygen atoms in total. The first-order valence-corrected chi connectivity index (χ1v) is 4.82. The van der Waals surface area contributed by atoms with Crippen LogP contribution in [0, 0.1) is 0 Å². The van der Waals surface area contributed by atoms with Gasteiger partial charge in [0, 0.05) is 32.9 Å². The Bertz CT molecular complexity index is 283. The molecular formula is C10H18N4. The molecule has 0 aromatic carbocycles. The van der Waals surface area contributed by atoms with Gasteiger partial charge in [-0.2, -0.15) is 0 Å². The number of nitrogens with zero attached hydrogens (tertiary/aromatic N) is 3. The number of hydrogen-bond donors (Lipinski definition) is 1. The van der Waals surface area contributed by atoms with Crippen molar-refractivity contribution in [3.8, 4) is 0 Å². The standard InChI is InChI=1S/C10H18N4/c1-8(2)12-7-9-5-6-11-10(13-9)14(3)4/h5-6,8,12H,7H2,1-4H3. The molecule has 1 aromatic heterocycles. The molecule has 0 aliphatic carbocycles. The predicted molar refractivity (Wildman–Crippen MR) is 58.3 cm³/mol. The Labute approximate surface area is 85.4 Å². The highest BCUT2D eigenvalue weighted by Gasteiger charge is 2.01. The van der Waals surface area contributed by atoms with Crippen LogP contribution in [0.5, 0.6) is 0 Å². The van der Waals surface area contributed by atoms with Crippen molar-refractivity contribution in [2.24, 2.45) is 0 Å². The summed E-state index contributed by atoms with van der Waals surface area (Å²) in [6, 6.07) is 2.41.